The van der Waals surface area contributed by atoms with Gasteiger partial charge in [0.15, 0.2) is 0 Å². The molecule has 0 unspecified atom stereocenters. The Labute approximate surface area is 161 Å². The maximum absolute atomic E-state index is 12.3. The van der Waals surface area contributed by atoms with Crippen molar-refractivity contribution < 1.29 is 9.53 Å². The summed E-state index contributed by atoms with van der Waals surface area (Å²) >= 11 is 0. The highest BCUT2D eigenvalue weighted by atomic mass is 16.5. The number of ether oxygens (including phenoxy) is 1. The fourth-order valence-corrected chi connectivity index (χ4v) is 3.18. The van der Waals surface area contributed by atoms with Gasteiger partial charge in [0, 0.05) is 5.41 Å². The highest BCUT2D eigenvalue weighted by molar-refractivity contribution is 5.91. The van der Waals surface area contributed by atoms with Gasteiger partial charge in [0.05, 0.1) is 5.56 Å². The second kappa shape index (κ2) is 7.40. The predicted octanol–water partition coefficient (Wildman–Crippen LogP) is 6.16. The van der Waals surface area contributed by atoms with Crippen molar-refractivity contribution >= 4 is 5.97 Å². The Hall–Kier alpha value is -2.87. The summed E-state index contributed by atoms with van der Waals surface area (Å²) in [4.78, 5) is 12.3. The SMILES string of the molecule is Cc1ccc(C(C)(C)c2ccc(OC(=O)c3ccccc3)c(C)c2)cc1C. The molecule has 3 rings (SSSR count). The fraction of sp³-hybridized carbons (Fsp3) is 0.240. The molecule has 2 heteroatoms. The summed E-state index contributed by atoms with van der Waals surface area (Å²) in [6.07, 6.45) is 0. The van der Waals surface area contributed by atoms with Crippen LogP contribution in [0.25, 0.3) is 0 Å². The summed E-state index contributed by atoms with van der Waals surface area (Å²) in [7, 11) is 0. The molecule has 0 spiro atoms. The molecule has 0 aromatic heterocycles. The van der Waals surface area contributed by atoms with E-state index in [2.05, 4.69) is 58.0 Å². The Morgan fingerprint density at radius 3 is 1.93 bits per heavy atom. The quantitative estimate of drug-likeness (QED) is 0.412. The lowest BCUT2D eigenvalue weighted by molar-refractivity contribution is 0.0733. The van der Waals surface area contributed by atoms with Crippen molar-refractivity contribution in [3.05, 3.63) is 100 Å². The minimum atomic E-state index is -0.333. The maximum Gasteiger partial charge on any atom is 0.343 e. The highest BCUT2D eigenvalue weighted by Crippen LogP contribution is 2.34. The van der Waals surface area contributed by atoms with Gasteiger partial charge in [-0.1, -0.05) is 62.4 Å². The van der Waals surface area contributed by atoms with Crippen LogP contribution in [0.15, 0.2) is 66.7 Å². The summed E-state index contributed by atoms with van der Waals surface area (Å²) in [6.45, 7) is 10.7. The molecule has 0 radical (unpaired) electrons. The van der Waals surface area contributed by atoms with Gasteiger partial charge in [0.25, 0.3) is 0 Å². The molecular formula is C25H26O2. The van der Waals surface area contributed by atoms with E-state index in [-0.39, 0.29) is 11.4 Å². The van der Waals surface area contributed by atoms with E-state index in [4.69, 9.17) is 4.74 Å². The fourth-order valence-electron chi connectivity index (χ4n) is 3.18. The Morgan fingerprint density at radius 1 is 0.741 bits per heavy atom. The molecular weight excluding hydrogens is 332 g/mol. The average Bonchev–Trinajstić information content (AvgIpc) is 2.66. The Kier molecular flexibility index (Phi) is 5.18. The summed E-state index contributed by atoms with van der Waals surface area (Å²) in [6, 6.07) is 21.8. The van der Waals surface area contributed by atoms with E-state index in [1.54, 1.807) is 12.1 Å². The molecule has 2 nitrogen and oxygen atoms in total. The van der Waals surface area contributed by atoms with Crippen molar-refractivity contribution in [1.82, 2.24) is 0 Å². The van der Waals surface area contributed by atoms with E-state index in [0.29, 0.717) is 11.3 Å². The molecule has 0 heterocycles. The van der Waals surface area contributed by atoms with E-state index < -0.39 is 0 Å². The van der Waals surface area contributed by atoms with Gasteiger partial charge in [-0.15, -0.1) is 0 Å². The Morgan fingerprint density at radius 2 is 1.33 bits per heavy atom. The normalized spacial score (nSPS) is 11.3. The predicted molar refractivity (Wildman–Crippen MR) is 111 cm³/mol. The first kappa shape index (κ1) is 18.9. The number of carbonyl (C=O) groups is 1. The van der Waals surface area contributed by atoms with Crippen LogP contribution >= 0.6 is 0 Å². The Balaban J connectivity index is 1.87. The smallest absolute Gasteiger partial charge is 0.343 e. The third-order valence-electron chi connectivity index (χ3n) is 5.34. The first-order valence-electron chi connectivity index (χ1n) is 9.25. The standard InChI is InChI=1S/C25H26O2/c1-17-11-12-21(15-18(17)2)25(4,5)22-13-14-23(19(3)16-22)27-24(26)20-9-7-6-8-10-20/h6-16H,1-5H3. The van der Waals surface area contributed by atoms with E-state index >= 15 is 0 Å². The molecule has 138 valence electrons. The summed E-state index contributed by atoms with van der Waals surface area (Å²) in [5.74, 6) is 0.267. The molecule has 0 aliphatic heterocycles. The number of aryl methyl sites for hydroxylation is 3. The Bertz CT molecular complexity index is 969. The summed E-state index contributed by atoms with van der Waals surface area (Å²) in [5, 5.41) is 0. The van der Waals surface area contributed by atoms with Gasteiger partial charge < -0.3 is 4.74 Å². The van der Waals surface area contributed by atoms with Crippen LogP contribution in [0.2, 0.25) is 0 Å². The summed E-state index contributed by atoms with van der Waals surface area (Å²) in [5.41, 5.74) is 6.44. The molecule has 0 fully saturated rings. The molecule has 0 amide bonds. The van der Waals surface area contributed by atoms with Gasteiger partial charge in [-0.05, 0) is 66.8 Å². The molecule has 0 atom stereocenters. The van der Waals surface area contributed by atoms with Crippen molar-refractivity contribution in [3.8, 4) is 5.75 Å². The lowest BCUT2D eigenvalue weighted by Crippen LogP contribution is -2.19. The molecule has 0 N–H and O–H groups in total. The molecule has 0 aliphatic carbocycles. The number of hydrogen-bond acceptors (Lipinski definition) is 2. The first-order valence-corrected chi connectivity index (χ1v) is 9.25. The second-order valence-corrected chi connectivity index (χ2v) is 7.66. The molecule has 0 saturated carbocycles. The molecule has 3 aromatic rings. The van der Waals surface area contributed by atoms with Crippen LogP contribution < -0.4 is 4.74 Å². The van der Waals surface area contributed by atoms with Crippen molar-refractivity contribution in [2.75, 3.05) is 0 Å². The molecule has 0 aliphatic rings. The molecule has 3 aromatic carbocycles. The van der Waals surface area contributed by atoms with Crippen molar-refractivity contribution in [2.45, 2.75) is 40.0 Å². The van der Waals surface area contributed by atoms with Gasteiger partial charge >= 0.3 is 5.97 Å². The third kappa shape index (κ3) is 3.95. The van der Waals surface area contributed by atoms with Crippen molar-refractivity contribution in [3.63, 3.8) is 0 Å². The van der Waals surface area contributed by atoms with Crippen LogP contribution in [0.5, 0.6) is 5.75 Å². The van der Waals surface area contributed by atoms with Gasteiger partial charge in [0.1, 0.15) is 5.75 Å². The molecule has 0 saturated heterocycles. The minimum absolute atomic E-state index is 0.134. The zero-order chi connectivity index (χ0) is 19.6. The summed E-state index contributed by atoms with van der Waals surface area (Å²) < 4.78 is 5.60. The van der Waals surface area contributed by atoms with Gasteiger partial charge in [-0.3, -0.25) is 0 Å². The van der Waals surface area contributed by atoms with Gasteiger partial charge in [0.2, 0.25) is 0 Å². The van der Waals surface area contributed by atoms with Crippen LogP contribution in [-0.4, -0.2) is 5.97 Å². The zero-order valence-electron chi connectivity index (χ0n) is 16.7. The lowest BCUT2D eigenvalue weighted by atomic mass is 9.77. The largest absolute Gasteiger partial charge is 0.423 e. The van der Waals surface area contributed by atoms with Crippen molar-refractivity contribution in [2.24, 2.45) is 0 Å². The van der Waals surface area contributed by atoms with Gasteiger partial charge in [-0.25, -0.2) is 4.79 Å². The lowest BCUT2D eigenvalue weighted by Gasteiger charge is -2.27. The number of rotatable bonds is 4. The van der Waals surface area contributed by atoms with Crippen molar-refractivity contribution in [1.29, 1.82) is 0 Å². The van der Waals surface area contributed by atoms with E-state index in [9.17, 15) is 4.79 Å². The van der Waals surface area contributed by atoms with Crippen LogP contribution in [0.4, 0.5) is 0 Å². The van der Waals surface area contributed by atoms with Crippen LogP contribution in [0, 0.1) is 20.8 Å². The van der Waals surface area contributed by atoms with Crippen LogP contribution in [0.1, 0.15) is 52.0 Å². The molecule has 0 bridgehead atoms. The number of hydrogen-bond donors (Lipinski definition) is 0. The zero-order valence-corrected chi connectivity index (χ0v) is 16.7. The van der Waals surface area contributed by atoms with E-state index in [1.165, 1.54) is 22.3 Å². The van der Waals surface area contributed by atoms with Gasteiger partial charge in [-0.2, -0.15) is 0 Å². The second-order valence-electron chi connectivity index (χ2n) is 7.66. The average molecular weight is 358 g/mol. The van der Waals surface area contributed by atoms with Crippen LogP contribution in [-0.2, 0) is 5.41 Å². The first-order chi connectivity index (χ1) is 12.8. The van der Waals surface area contributed by atoms with Crippen LogP contribution in [0.3, 0.4) is 0 Å². The van der Waals surface area contributed by atoms with E-state index in [1.807, 2.05) is 31.2 Å². The number of benzene rings is 3. The highest BCUT2D eigenvalue weighted by Gasteiger charge is 2.24. The minimum Gasteiger partial charge on any atom is -0.423 e. The number of esters is 1. The maximum atomic E-state index is 12.3. The third-order valence-corrected chi connectivity index (χ3v) is 5.34. The van der Waals surface area contributed by atoms with E-state index in [0.717, 1.165) is 5.56 Å². The monoisotopic (exact) mass is 358 g/mol. The number of carbonyl (C=O) groups excluding carboxylic acids is 1. The topological polar surface area (TPSA) is 26.3 Å². The molecule has 27 heavy (non-hydrogen) atoms.